The Morgan fingerprint density at radius 2 is 1.86 bits per heavy atom. The Labute approximate surface area is 169 Å². The van der Waals surface area contributed by atoms with Crippen LogP contribution in [0, 0.1) is 6.92 Å². The van der Waals surface area contributed by atoms with Gasteiger partial charge in [-0.3, -0.25) is 9.19 Å². The van der Waals surface area contributed by atoms with Crippen LogP contribution in [0.15, 0.2) is 60.1 Å². The second-order valence-corrected chi connectivity index (χ2v) is 7.27. The van der Waals surface area contributed by atoms with Gasteiger partial charge in [0.15, 0.2) is 5.16 Å². The first-order chi connectivity index (χ1) is 12.7. The summed E-state index contributed by atoms with van der Waals surface area (Å²) in [6.45, 7) is 1.92. The van der Waals surface area contributed by atoms with Crippen molar-refractivity contribution in [3.8, 4) is 11.4 Å². The van der Waals surface area contributed by atoms with Gasteiger partial charge < -0.3 is 30.7 Å². The average molecular weight is 420 g/mol. The maximum absolute atomic E-state index is 12.8. The van der Waals surface area contributed by atoms with Gasteiger partial charge in [-0.15, -0.1) is 0 Å². The Morgan fingerprint density at radius 1 is 1.14 bits per heavy atom. The van der Waals surface area contributed by atoms with E-state index in [9.17, 15) is 4.21 Å². The second kappa shape index (κ2) is 9.94. The van der Waals surface area contributed by atoms with Crippen molar-refractivity contribution in [2.75, 3.05) is 7.11 Å². The van der Waals surface area contributed by atoms with Gasteiger partial charge in [0.05, 0.1) is 40.4 Å². The number of H-pyrrole nitrogens is 1. The number of fused-ring (bicyclic) bond motifs is 1. The minimum absolute atomic E-state index is 0. The van der Waals surface area contributed by atoms with Gasteiger partial charge in [-0.25, -0.2) is 4.98 Å². The highest BCUT2D eigenvalue weighted by molar-refractivity contribution is 7.84. The number of nitrogens with one attached hydrogen (secondary N) is 1. The van der Waals surface area contributed by atoms with E-state index in [-0.39, 0.29) is 22.2 Å². The summed E-state index contributed by atoms with van der Waals surface area (Å²) in [6.07, 6.45) is 5.63. The zero-order valence-electron chi connectivity index (χ0n) is 16.0. The molecule has 0 bridgehead atoms. The Hall–Kier alpha value is -3.05. The van der Waals surface area contributed by atoms with Crippen LogP contribution in [-0.2, 0) is 16.6 Å². The van der Waals surface area contributed by atoms with Crippen LogP contribution in [0.1, 0.15) is 11.3 Å². The molecule has 156 valence electrons. The van der Waals surface area contributed by atoms with Crippen molar-refractivity contribution in [1.29, 1.82) is 0 Å². The van der Waals surface area contributed by atoms with Gasteiger partial charge in [-0.2, -0.15) is 0 Å². The Bertz CT molecular complexity index is 1100. The molecular weight excluding hydrogens is 396 g/mol. The molecule has 3 aromatic heterocycles. The van der Waals surface area contributed by atoms with E-state index in [4.69, 9.17) is 4.74 Å². The van der Waals surface area contributed by atoms with E-state index in [1.54, 1.807) is 19.4 Å². The molecule has 0 aliphatic heterocycles. The molecule has 0 saturated heterocycles. The van der Waals surface area contributed by atoms with Crippen LogP contribution < -0.4 is 4.74 Å². The summed E-state index contributed by atoms with van der Waals surface area (Å²) in [4.78, 5) is 12.0. The first-order valence-corrected chi connectivity index (χ1v) is 9.47. The van der Waals surface area contributed by atoms with E-state index in [1.807, 2.05) is 54.2 Å². The lowest BCUT2D eigenvalue weighted by molar-refractivity contribution is 0.410. The summed E-state index contributed by atoms with van der Waals surface area (Å²) >= 11 is 0. The predicted molar refractivity (Wildman–Crippen MR) is 112 cm³/mol. The van der Waals surface area contributed by atoms with Crippen molar-refractivity contribution >= 4 is 21.8 Å². The smallest absolute Gasteiger partial charge is 0.197 e. The molecule has 10 heteroatoms. The zero-order valence-corrected chi connectivity index (χ0v) is 16.8. The molecule has 1 atom stereocenters. The minimum Gasteiger partial charge on any atom is -0.496 e. The largest absolute Gasteiger partial charge is 0.496 e. The van der Waals surface area contributed by atoms with Crippen LogP contribution in [0.25, 0.3) is 16.7 Å². The zero-order chi connectivity index (χ0) is 18.1. The fraction of sp³-hybridized carbons (Fsp3) is 0.158. The second-order valence-electron chi connectivity index (χ2n) is 5.91. The number of aromatic amines is 1. The average Bonchev–Trinajstić information content (AvgIpc) is 3.32. The van der Waals surface area contributed by atoms with Crippen LogP contribution in [-0.4, -0.2) is 47.3 Å². The van der Waals surface area contributed by atoms with Gasteiger partial charge in [0, 0.05) is 29.8 Å². The summed E-state index contributed by atoms with van der Waals surface area (Å²) in [5.41, 5.74) is 4.31. The molecule has 9 nitrogen and oxygen atoms in total. The van der Waals surface area contributed by atoms with Gasteiger partial charge in [0.25, 0.3) is 0 Å². The fourth-order valence-corrected chi connectivity index (χ4v) is 3.97. The first kappa shape index (κ1) is 24.0. The fourth-order valence-electron chi connectivity index (χ4n) is 2.87. The highest BCUT2D eigenvalue weighted by Crippen LogP contribution is 2.23. The van der Waals surface area contributed by atoms with E-state index in [2.05, 4.69) is 15.0 Å². The van der Waals surface area contributed by atoms with E-state index >= 15 is 0 Å². The SMILES string of the molecule is COc1ccnc(CS(=O)c2nc3ccc(-n4cccc4)cc3[nH]2)c1C.O.O.O. The molecule has 4 aromatic rings. The number of nitrogens with zero attached hydrogens (tertiary/aromatic N) is 3. The number of benzene rings is 1. The summed E-state index contributed by atoms with van der Waals surface area (Å²) in [5.74, 6) is 1.03. The minimum atomic E-state index is -1.32. The normalized spacial score (nSPS) is 11.1. The monoisotopic (exact) mass is 420 g/mol. The summed E-state index contributed by atoms with van der Waals surface area (Å²) in [5, 5.41) is 0.452. The van der Waals surface area contributed by atoms with E-state index in [1.165, 1.54) is 0 Å². The van der Waals surface area contributed by atoms with Crippen LogP contribution in [0.3, 0.4) is 0 Å². The third kappa shape index (κ3) is 4.69. The molecule has 4 rings (SSSR count). The number of aromatic nitrogens is 4. The third-order valence-electron chi connectivity index (χ3n) is 4.31. The number of methoxy groups -OCH3 is 1. The molecule has 0 saturated carbocycles. The number of imidazole rings is 1. The Balaban J connectivity index is 0.00000140. The van der Waals surface area contributed by atoms with Crippen molar-refractivity contribution in [2.45, 2.75) is 17.8 Å². The van der Waals surface area contributed by atoms with E-state index < -0.39 is 10.8 Å². The molecule has 29 heavy (non-hydrogen) atoms. The number of ether oxygens (including phenoxy) is 1. The van der Waals surface area contributed by atoms with Crippen molar-refractivity contribution in [3.63, 3.8) is 0 Å². The number of pyridine rings is 1. The van der Waals surface area contributed by atoms with Crippen molar-refractivity contribution in [3.05, 3.63) is 66.2 Å². The summed E-state index contributed by atoms with van der Waals surface area (Å²) < 4.78 is 20.1. The lowest BCUT2D eigenvalue weighted by atomic mass is 10.2. The van der Waals surface area contributed by atoms with Crippen LogP contribution >= 0.6 is 0 Å². The lowest BCUT2D eigenvalue weighted by Crippen LogP contribution is -2.03. The van der Waals surface area contributed by atoms with Gasteiger partial charge in [-0.05, 0) is 43.3 Å². The van der Waals surface area contributed by atoms with Crippen molar-refractivity contribution in [1.82, 2.24) is 19.5 Å². The predicted octanol–water partition coefficient (Wildman–Crippen LogP) is 0.899. The van der Waals surface area contributed by atoms with Crippen LogP contribution in [0.2, 0.25) is 0 Å². The van der Waals surface area contributed by atoms with Crippen LogP contribution in [0.5, 0.6) is 5.75 Å². The molecule has 0 amide bonds. The Morgan fingerprint density at radius 3 is 2.55 bits per heavy atom. The number of hydrogen-bond acceptors (Lipinski definition) is 4. The molecule has 3 heterocycles. The van der Waals surface area contributed by atoms with E-state index in [0.717, 1.165) is 33.7 Å². The lowest BCUT2D eigenvalue weighted by Gasteiger charge is -2.08. The van der Waals surface area contributed by atoms with E-state index in [0.29, 0.717) is 5.16 Å². The van der Waals surface area contributed by atoms with Crippen molar-refractivity contribution in [2.24, 2.45) is 0 Å². The highest BCUT2D eigenvalue weighted by Gasteiger charge is 2.15. The molecule has 0 fully saturated rings. The van der Waals surface area contributed by atoms with Gasteiger partial charge in [-0.1, -0.05) is 0 Å². The topological polar surface area (TPSA) is 167 Å². The summed E-state index contributed by atoms with van der Waals surface area (Å²) in [6, 6.07) is 11.7. The first-order valence-electron chi connectivity index (χ1n) is 8.15. The molecule has 1 aromatic carbocycles. The van der Waals surface area contributed by atoms with Gasteiger partial charge in [0.1, 0.15) is 5.75 Å². The number of hydrogen-bond donors (Lipinski definition) is 1. The molecular formula is C19H24N4O5S. The Kier molecular flexibility index (Phi) is 8.22. The molecule has 0 aliphatic rings. The number of rotatable bonds is 5. The highest BCUT2D eigenvalue weighted by atomic mass is 32.2. The van der Waals surface area contributed by atoms with Crippen LogP contribution in [0.4, 0.5) is 0 Å². The summed E-state index contributed by atoms with van der Waals surface area (Å²) in [7, 11) is 0.293. The molecule has 0 spiro atoms. The molecule has 0 aliphatic carbocycles. The third-order valence-corrected chi connectivity index (χ3v) is 5.47. The molecule has 1 unspecified atom stereocenters. The van der Waals surface area contributed by atoms with Gasteiger partial charge >= 0.3 is 0 Å². The standard InChI is InChI=1S/C19H18N4O2S.3H2O/c1-13-17(20-8-7-18(13)25-2)12-26(24)19-21-15-6-5-14(11-16(15)22-19)23-9-3-4-10-23;;;/h3-11H,12H2,1-2H3,(H,21,22);3*1H2. The quantitative estimate of drug-likeness (QED) is 0.506. The maximum Gasteiger partial charge on any atom is 0.197 e. The molecule has 0 radical (unpaired) electrons. The van der Waals surface area contributed by atoms with Gasteiger partial charge in [0.2, 0.25) is 0 Å². The molecule has 7 N–H and O–H groups in total. The maximum atomic E-state index is 12.8. The van der Waals surface area contributed by atoms with Crippen molar-refractivity contribution < 1.29 is 25.4 Å².